The summed E-state index contributed by atoms with van der Waals surface area (Å²) in [6.45, 7) is 6.18. The molecule has 0 atom stereocenters. The molecule has 3 rings (SSSR count). The summed E-state index contributed by atoms with van der Waals surface area (Å²) in [6, 6.07) is 0.277. The highest BCUT2D eigenvalue weighted by molar-refractivity contribution is 5.79. The molecule has 1 aliphatic heterocycles. The Labute approximate surface area is 112 Å². The number of nitrogens with zero attached hydrogens (tertiary/aromatic N) is 4. The van der Waals surface area contributed by atoms with E-state index < -0.39 is 0 Å². The molecular formula is C13H19N5O. The summed E-state index contributed by atoms with van der Waals surface area (Å²) >= 11 is 0. The zero-order valence-electron chi connectivity index (χ0n) is 11.3. The first-order valence-electron chi connectivity index (χ1n) is 6.81. The Bertz CT molecular complexity index is 559. The second-order valence-corrected chi connectivity index (χ2v) is 5.17. The monoisotopic (exact) mass is 261 g/mol. The summed E-state index contributed by atoms with van der Waals surface area (Å²) < 4.78 is 7.91. The minimum absolute atomic E-state index is 0.238. The van der Waals surface area contributed by atoms with Crippen LogP contribution in [0, 0.1) is 0 Å². The Balaban J connectivity index is 1.90. The molecule has 0 spiro atoms. The van der Waals surface area contributed by atoms with Gasteiger partial charge in [0.05, 0.1) is 6.20 Å². The largest absolute Gasteiger partial charge is 0.474 e. The molecule has 0 bridgehead atoms. The average Bonchev–Trinajstić information content (AvgIpc) is 2.85. The van der Waals surface area contributed by atoms with Crippen LogP contribution in [-0.2, 0) is 0 Å². The second-order valence-electron chi connectivity index (χ2n) is 5.17. The third-order valence-corrected chi connectivity index (χ3v) is 3.41. The van der Waals surface area contributed by atoms with Crippen molar-refractivity contribution in [2.45, 2.75) is 38.8 Å². The number of nitrogens with one attached hydrogen (secondary N) is 1. The van der Waals surface area contributed by atoms with Crippen LogP contribution in [0.15, 0.2) is 12.5 Å². The molecule has 0 saturated carbocycles. The van der Waals surface area contributed by atoms with Crippen molar-refractivity contribution < 1.29 is 4.74 Å². The van der Waals surface area contributed by atoms with Crippen molar-refractivity contribution in [3.05, 3.63) is 12.5 Å². The lowest BCUT2D eigenvalue weighted by Crippen LogP contribution is -2.34. The summed E-state index contributed by atoms with van der Waals surface area (Å²) in [4.78, 5) is 8.58. The Kier molecular flexibility index (Phi) is 3.33. The van der Waals surface area contributed by atoms with E-state index in [0.717, 1.165) is 37.0 Å². The lowest BCUT2D eigenvalue weighted by molar-refractivity contribution is 0.158. The van der Waals surface area contributed by atoms with Gasteiger partial charge >= 0.3 is 0 Å². The van der Waals surface area contributed by atoms with E-state index >= 15 is 0 Å². The molecule has 1 fully saturated rings. The van der Waals surface area contributed by atoms with Gasteiger partial charge in [0.25, 0.3) is 0 Å². The van der Waals surface area contributed by atoms with Crippen molar-refractivity contribution >= 4 is 11.0 Å². The molecule has 0 aliphatic carbocycles. The standard InChI is InChI=1S/C13H19N5O/c1-9(2)18-12-11(7-17-18)13(16-8-15-12)19-10-3-5-14-6-4-10/h7-10,14H,3-6H2,1-2H3. The Hall–Kier alpha value is -1.69. The van der Waals surface area contributed by atoms with Crippen LogP contribution in [0.4, 0.5) is 0 Å². The summed E-state index contributed by atoms with van der Waals surface area (Å²) in [6.07, 6.45) is 5.63. The number of piperidine rings is 1. The maximum absolute atomic E-state index is 6.02. The van der Waals surface area contributed by atoms with Crippen LogP contribution in [0.1, 0.15) is 32.7 Å². The second kappa shape index (κ2) is 5.13. The van der Waals surface area contributed by atoms with Crippen LogP contribution in [-0.4, -0.2) is 38.9 Å². The fourth-order valence-electron chi connectivity index (χ4n) is 2.38. The van der Waals surface area contributed by atoms with Gasteiger partial charge in [-0.3, -0.25) is 0 Å². The molecule has 3 heterocycles. The maximum atomic E-state index is 6.02. The molecular weight excluding hydrogens is 242 g/mol. The van der Waals surface area contributed by atoms with Gasteiger partial charge in [-0.15, -0.1) is 0 Å². The molecule has 6 nitrogen and oxygen atoms in total. The van der Waals surface area contributed by atoms with Crippen LogP contribution in [0.25, 0.3) is 11.0 Å². The summed E-state index contributed by atoms with van der Waals surface area (Å²) in [5.41, 5.74) is 0.842. The minimum atomic E-state index is 0.238. The fourth-order valence-corrected chi connectivity index (χ4v) is 2.38. The molecule has 6 heteroatoms. The van der Waals surface area contributed by atoms with Gasteiger partial charge in [-0.25, -0.2) is 14.6 Å². The Morgan fingerprint density at radius 2 is 2.11 bits per heavy atom. The third-order valence-electron chi connectivity index (χ3n) is 3.41. The van der Waals surface area contributed by atoms with E-state index in [1.54, 1.807) is 12.5 Å². The highest BCUT2D eigenvalue weighted by Gasteiger charge is 2.18. The van der Waals surface area contributed by atoms with Crippen molar-refractivity contribution in [3.63, 3.8) is 0 Å². The van der Waals surface area contributed by atoms with E-state index in [1.165, 1.54) is 0 Å². The number of ether oxygens (including phenoxy) is 1. The maximum Gasteiger partial charge on any atom is 0.228 e. The Morgan fingerprint density at radius 1 is 1.32 bits per heavy atom. The van der Waals surface area contributed by atoms with Gasteiger partial charge in [-0.2, -0.15) is 5.10 Å². The number of hydrogen-bond donors (Lipinski definition) is 1. The molecule has 2 aromatic rings. The number of rotatable bonds is 3. The predicted octanol–water partition coefficient (Wildman–Crippen LogP) is 1.54. The lowest BCUT2D eigenvalue weighted by atomic mass is 10.1. The molecule has 0 aromatic carbocycles. The predicted molar refractivity (Wildman–Crippen MR) is 72.2 cm³/mol. The third kappa shape index (κ3) is 2.40. The smallest absolute Gasteiger partial charge is 0.228 e. The van der Waals surface area contributed by atoms with Crippen molar-refractivity contribution in [1.82, 2.24) is 25.1 Å². The summed E-state index contributed by atoms with van der Waals surface area (Å²) in [5, 5.41) is 8.60. The van der Waals surface area contributed by atoms with Crippen LogP contribution in [0.2, 0.25) is 0 Å². The van der Waals surface area contributed by atoms with E-state index in [0.29, 0.717) is 5.88 Å². The van der Waals surface area contributed by atoms with Crippen molar-refractivity contribution in [1.29, 1.82) is 0 Å². The SMILES string of the molecule is CC(C)n1ncc2c(OC3CCNCC3)ncnc21. The first-order valence-corrected chi connectivity index (χ1v) is 6.81. The van der Waals surface area contributed by atoms with E-state index in [9.17, 15) is 0 Å². The van der Waals surface area contributed by atoms with E-state index in [4.69, 9.17) is 4.74 Å². The molecule has 19 heavy (non-hydrogen) atoms. The van der Waals surface area contributed by atoms with Gasteiger partial charge in [-0.05, 0) is 39.8 Å². The summed E-state index contributed by atoms with van der Waals surface area (Å²) in [7, 11) is 0. The summed E-state index contributed by atoms with van der Waals surface area (Å²) in [5.74, 6) is 0.656. The normalized spacial score (nSPS) is 17.2. The van der Waals surface area contributed by atoms with Crippen LogP contribution in [0.3, 0.4) is 0 Å². The van der Waals surface area contributed by atoms with Gasteiger partial charge in [-0.1, -0.05) is 0 Å². The molecule has 102 valence electrons. The van der Waals surface area contributed by atoms with Crippen LogP contribution >= 0.6 is 0 Å². The minimum Gasteiger partial charge on any atom is -0.474 e. The first-order chi connectivity index (χ1) is 9.25. The quantitative estimate of drug-likeness (QED) is 0.908. The molecule has 1 N–H and O–H groups in total. The topological polar surface area (TPSA) is 64.9 Å². The average molecular weight is 261 g/mol. The zero-order valence-corrected chi connectivity index (χ0v) is 11.3. The van der Waals surface area contributed by atoms with E-state index in [-0.39, 0.29) is 12.1 Å². The van der Waals surface area contributed by atoms with E-state index in [2.05, 4.69) is 34.2 Å². The number of fused-ring (bicyclic) bond motifs is 1. The number of hydrogen-bond acceptors (Lipinski definition) is 5. The first kappa shape index (κ1) is 12.3. The van der Waals surface area contributed by atoms with Crippen molar-refractivity contribution in [3.8, 4) is 5.88 Å². The van der Waals surface area contributed by atoms with Crippen molar-refractivity contribution in [2.75, 3.05) is 13.1 Å². The molecule has 0 amide bonds. The van der Waals surface area contributed by atoms with Gasteiger partial charge < -0.3 is 10.1 Å². The van der Waals surface area contributed by atoms with Gasteiger partial charge in [0.15, 0.2) is 5.65 Å². The zero-order chi connectivity index (χ0) is 13.2. The molecule has 1 aliphatic rings. The van der Waals surface area contributed by atoms with Crippen molar-refractivity contribution in [2.24, 2.45) is 0 Å². The molecule has 0 radical (unpaired) electrons. The van der Waals surface area contributed by atoms with Gasteiger partial charge in [0, 0.05) is 6.04 Å². The lowest BCUT2D eigenvalue weighted by Gasteiger charge is -2.23. The van der Waals surface area contributed by atoms with Gasteiger partial charge in [0.2, 0.25) is 5.88 Å². The van der Waals surface area contributed by atoms with Gasteiger partial charge in [0.1, 0.15) is 17.8 Å². The Morgan fingerprint density at radius 3 is 2.84 bits per heavy atom. The number of aromatic nitrogens is 4. The highest BCUT2D eigenvalue weighted by Crippen LogP contribution is 2.25. The molecule has 2 aromatic heterocycles. The van der Waals surface area contributed by atoms with Crippen LogP contribution in [0.5, 0.6) is 5.88 Å². The van der Waals surface area contributed by atoms with Crippen LogP contribution < -0.4 is 10.1 Å². The molecule has 0 unspecified atom stereocenters. The van der Waals surface area contributed by atoms with E-state index in [1.807, 2.05) is 4.68 Å². The highest BCUT2D eigenvalue weighted by atomic mass is 16.5. The molecule has 1 saturated heterocycles. The fraction of sp³-hybridized carbons (Fsp3) is 0.615.